The molecule has 2 N–H and O–H groups in total. The molecule has 0 radical (unpaired) electrons. The van der Waals surface area contributed by atoms with Crippen LogP contribution in [0.2, 0.25) is 0 Å². The first kappa shape index (κ1) is 13.1. The zero-order valence-corrected chi connectivity index (χ0v) is 10.4. The van der Waals surface area contributed by atoms with Crippen LogP contribution in [-0.4, -0.2) is 30.8 Å². The minimum atomic E-state index is -0.739. The molecule has 18 heavy (non-hydrogen) atoms. The molecule has 0 aliphatic carbocycles. The lowest BCUT2D eigenvalue weighted by Crippen LogP contribution is -2.45. The Hall–Kier alpha value is -1.39. The maximum atomic E-state index is 11.4. The molecule has 98 valence electrons. The van der Waals surface area contributed by atoms with Crippen LogP contribution >= 0.6 is 0 Å². The topological polar surface area (TPSA) is 58.6 Å². The van der Waals surface area contributed by atoms with Gasteiger partial charge in [-0.05, 0) is 31.5 Å². The lowest BCUT2D eigenvalue weighted by Gasteiger charge is -2.33. The Morgan fingerprint density at radius 3 is 2.56 bits per heavy atom. The van der Waals surface area contributed by atoms with Gasteiger partial charge in [0.15, 0.2) is 0 Å². The van der Waals surface area contributed by atoms with E-state index >= 15 is 0 Å². The van der Waals surface area contributed by atoms with Gasteiger partial charge >= 0.3 is 5.97 Å². The number of rotatable bonds is 5. The minimum Gasteiger partial charge on any atom is -0.481 e. The third-order valence-electron chi connectivity index (χ3n) is 3.50. The van der Waals surface area contributed by atoms with Gasteiger partial charge in [-0.15, -0.1) is 0 Å². The molecule has 0 saturated carbocycles. The summed E-state index contributed by atoms with van der Waals surface area (Å²) in [5.74, 6) is -0.739. The largest absolute Gasteiger partial charge is 0.481 e. The second-order valence-corrected chi connectivity index (χ2v) is 4.81. The quantitative estimate of drug-likeness (QED) is 0.833. The highest BCUT2D eigenvalue weighted by Gasteiger charge is 2.39. The van der Waals surface area contributed by atoms with Crippen LogP contribution in [0.4, 0.5) is 0 Å². The molecule has 2 rings (SSSR count). The fourth-order valence-corrected chi connectivity index (χ4v) is 2.26. The van der Waals surface area contributed by atoms with Crippen LogP contribution in [-0.2, 0) is 16.1 Å². The van der Waals surface area contributed by atoms with Gasteiger partial charge in [0, 0.05) is 0 Å². The third-order valence-corrected chi connectivity index (χ3v) is 3.50. The predicted octanol–water partition coefficient (Wildman–Crippen LogP) is 1.66. The van der Waals surface area contributed by atoms with Gasteiger partial charge in [0.25, 0.3) is 0 Å². The monoisotopic (exact) mass is 249 g/mol. The number of ether oxygens (including phenoxy) is 1. The number of benzene rings is 1. The summed E-state index contributed by atoms with van der Waals surface area (Å²) in [4.78, 5) is 11.4. The van der Waals surface area contributed by atoms with E-state index in [-0.39, 0.29) is 0 Å². The van der Waals surface area contributed by atoms with E-state index in [0.29, 0.717) is 26.1 Å². The fourth-order valence-electron chi connectivity index (χ4n) is 2.26. The number of nitrogens with one attached hydrogen (secondary N) is 1. The molecule has 0 spiro atoms. The SMILES string of the molecule is O=C(O)C1(COCc2ccccc2)CCNCC1. The first-order chi connectivity index (χ1) is 8.73. The molecule has 1 aliphatic heterocycles. The Balaban J connectivity index is 1.88. The number of carbonyl (C=O) groups is 1. The van der Waals surface area contributed by atoms with Crippen LogP contribution in [0.5, 0.6) is 0 Å². The Morgan fingerprint density at radius 1 is 1.28 bits per heavy atom. The van der Waals surface area contributed by atoms with Crippen molar-refractivity contribution in [3.05, 3.63) is 35.9 Å². The first-order valence-corrected chi connectivity index (χ1v) is 6.29. The van der Waals surface area contributed by atoms with Crippen LogP contribution in [0, 0.1) is 5.41 Å². The molecule has 4 heteroatoms. The van der Waals surface area contributed by atoms with Crippen LogP contribution in [0.15, 0.2) is 30.3 Å². The second kappa shape index (κ2) is 5.98. The van der Waals surface area contributed by atoms with E-state index in [0.717, 1.165) is 18.7 Å². The van der Waals surface area contributed by atoms with Crippen molar-refractivity contribution in [2.24, 2.45) is 5.41 Å². The van der Waals surface area contributed by atoms with Gasteiger partial charge in [-0.25, -0.2) is 0 Å². The normalized spacial score (nSPS) is 18.4. The van der Waals surface area contributed by atoms with Crippen LogP contribution in [0.25, 0.3) is 0 Å². The van der Waals surface area contributed by atoms with E-state index in [2.05, 4.69) is 5.32 Å². The van der Waals surface area contributed by atoms with E-state index < -0.39 is 11.4 Å². The van der Waals surface area contributed by atoms with Gasteiger partial charge < -0.3 is 15.2 Å². The van der Waals surface area contributed by atoms with E-state index in [4.69, 9.17) is 4.74 Å². The molecule has 0 amide bonds. The summed E-state index contributed by atoms with van der Waals surface area (Å²) < 4.78 is 5.62. The van der Waals surface area contributed by atoms with Crippen molar-refractivity contribution in [3.63, 3.8) is 0 Å². The number of carboxylic acid groups (broad SMARTS) is 1. The maximum Gasteiger partial charge on any atom is 0.312 e. The van der Waals surface area contributed by atoms with Gasteiger partial charge in [-0.1, -0.05) is 30.3 Å². The summed E-state index contributed by atoms with van der Waals surface area (Å²) in [5.41, 5.74) is 0.368. The first-order valence-electron chi connectivity index (χ1n) is 6.29. The molecular formula is C14H19NO3. The van der Waals surface area contributed by atoms with Crippen molar-refractivity contribution >= 4 is 5.97 Å². The average molecular weight is 249 g/mol. The summed E-state index contributed by atoms with van der Waals surface area (Å²) in [6.45, 7) is 2.27. The summed E-state index contributed by atoms with van der Waals surface area (Å²) in [6, 6.07) is 9.83. The van der Waals surface area contributed by atoms with Crippen LogP contribution < -0.4 is 5.32 Å². The molecule has 1 fully saturated rings. The molecule has 0 aromatic heterocycles. The number of piperidine rings is 1. The van der Waals surface area contributed by atoms with Crippen LogP contribution in [0.1, 0.15) is 18.4 Å². The molecule has 0 unspecified atom stereocenters. The van der Waals surface area contributed by atoms with E-state index in [1.165, 1.54) is 0 Å². The zero-order valence-electron chi connectivity index (χ0n) is 10.4. The molecule has 1 saturated heterocycles. The summed E-state index contributed by atoms with van der Waals surface area (Å²) in [5, 5.41) is 12.6. The van der Waals surface area contributed by atoms with Crippen molar-refractivity contribution in [1.82, 2.24) is 5.32 Å². The smallest absolute Gasteiger partial charge is 0.312 e. The predicted molar refractivity (Wildman–Crippen MR) is 68.3 cm³/mol. The van der Waals surface area contributed by atoms with E-state index in [9.17, 15) is 9.90 Å². The molecule has 0 atom stereocenters. The molecule has 1 aromatic carbocycles. The summed E-state index contributed by atoms with van der Waals surface area (Å²) in [7, 11) is 0. The minimum absolute atomic E-state index is 0.291. The number of hydrogen-bond donors (Lipinski definition) is 2. The van der Waals surface area contributed by atoms with Gasteiger partial charge in [-0.2, -0.15) is 0 Å². The molecule has 0 bridgehead atoms. The van der Waals surface area contributed by atoms with Crippen LogP contribution in [0.3, 0.4) is 0 Å². The lowest BCUT2D eigenvalue weighted by molar-refractivity contribution is -0.155. The number of aliphatic carboxylic acids is 1. The standard InChI is InChI=1S/C14H19NO3/c16-13(17)14(6-8-15-9-7-14)11-18-10-12-4-2-1-3-5-12/h1-5,15H,6-11H2,(H,16,17). The Bertz CT molecular complexity index is 385. The van der Waals surface area contributed by atoms with Gasteiger partial charge in [-0.3, -0.25) is 4.79 Å². The summed E-state index contributed by atoms with van der Waals surface area (Å²) in [6.07, 6.45) is 1.27. The van der Waals surface area contributed by atoms with E-state index in [1.54, 1.807) is 0 Å². The van der Waals surface area contributed by atoms with Gasteiger partial charge in [0.1, 0.15) is 0 Å². The third kappa shape index (κ3) is 3.09. The van der Waals surface area contributed by atoms with Crippen molar-refractivity contribution in [2.45, 2.75) is 19.4 Å². The molecule has 4 nitrogen and oxygen atoms in total. The highest BCUT2D eigenvalue weighted by atomic mass is 16.5. The average Bonchev–Trinajstić information content (AvgIpc) is 2.41. The number of hydrogen-bond acceptors (Lipinski definition) is 3. The van der Waals surface area contributed by atoms with E-state index in [1.807, 2.05) is 30.3 Å². The molecule has 1 aromatic rings. The maximum absolute atomic E-state index is 11.4. The second-order valence-electron chi connectivity index (χ2n) is 4.81. The highest BCUT2D eigenvalue weighted by Crippen LogP contribution is 2.29. The zero-order chi connectivity index (χ0) is 12.8. The Labute approximate surface area is 107 Å². The highest BCUT2D eigenvalue weighted by molar-refractivity contribution is 5.75. The Kier molecular flexibility index (Phi) is 4.33. The molecule has 1 aliphatic rings. The van der Waals surface area contributed by atoms with Crippen molar-refractivity contribution < 1.29 is 14.6 Å². The summed E-state index contributed by atoms with van der Waals surface area (Å²) >= 11 is 0. The molecular weight excluding hydrogens is 230 g/mol. The van der Waals surface area contributed by atoms with Gasteiger partial charge in [0.2, 0.25) is 0 Å². The lowest BCUT2D eigenvalue weighted by atomic mass is 9.80. The van der Waals surface area contributed by atoms with Crippen molar-refractivity contribution in [3.8, 4) is 0 Å². The van der Waals surface area contributed by atoms with Crippen molar-refractivity contribution in [2.75, 3.05) is 19.7 Å². The molecule has 1 heterocycles. The number of carboxylic acids is 1. The fraction of sp³-hybridized carbons (Fsp3) is 0.500. The van der Waals surface area contributed by atoms with Crippen molar-refractivity contribution in [1.29, 1.82) is 0 Å². The Morgan fingerprint density at radius 2 is 1.94 bits per heavy atom. The van der Waals surface area contributed by atoms with Gasteiger partial charge in [0.05, 0.1) is 18.6 Å².